The summed E-state index contributed by atoms with van der Waals surface area (Å²) in [5, 5.41) is 0.500. The van der Waals surface area contributed by atoms with Crippen LogP contribution < -0.4 is 14.4 Å². The van der Waals surface area contributed by atoms with E-state index in [1.165, 1.54) is 19.1 Å². The van der Waals surface area contributed by atoms with Crippen LogP contribution in [0.15, 0.2) is 42.5 Å². The van der Waals surface area contributed by atoms with Crippen LogP contribution in [0.3, 0.4) is 0 Å². The summed E-state index contributed by atoms with van der Waals surface area (Å²) >= 11 is 5.97. The number of anilines is 1. The van der Waals surface area contributed by atoms with E-state index in [2.05, 4.69) is 4.90 Å². The van der Waals surface area contributed by atoms with Gasteiger partial charge in [-0.3, -0.25) is 19.3 Å². The fraction of sp³-hybridized carbons (Fsp3) is 0.400. The monoisotopic (exact) mass is 501 g/mol. The van der Waals surface area contributed by atoms with Crippen LogP contribution >= 0.6 is 11.6 Å². The van der Waals surface area contributed by atoms with Crippen molar-refractivity contribution in [1.29, 1.82) is 0 Å². The van der Waals surface area contributed by atoms with E-state index in [9.17, 15) is 14.4 Å². The van der Waals surface area contributed by atoms with Crippen molar-refractivity contribution in [2.24, 2.45) is 0 Å². The highest BCUT2D eigenvalue weighted by atomic mass is 35.5. The second-order valence-corrected chi connectivity index (χ2v) is 8.72. The van der Waals surface area contributed by atoms with Crippen molar-refractivity contribution < 1.29 is 28.6 Å². The molecule has 186 valence electrons. The molecule has 0 saturated carbocycles. The number of imide groups is 1. The van der Waals surface area contributed by atoms with Gasteiger partial charge in [0.05, 0.1) is 39.5 Å². The van der Waals surface area contributed by atoms with Gasteiger partial charge in [0.15, 0.2) is 11.5 Å². The molecule has 0 radical (unpaired) electrons. The third-order valence-corrected chi connectivity index (χ3v) is 6.49. The van der Waals surface area contributed by atoms with Crippen LogP contribution in [0.25, 0.3) is 0 Å². The van der Waals surface area contributed by atoms with E-state index in [0.717, 1.165) is 18.0 Å². The first-order chi connectivity index (χ1) is 16.9. The van der Waals surface area contributed by atoms with Gasteiger partial charge in [0.1, 0.15) is 6.04 Å². The highest BCUT2D eigenvalue weighted by Crippen LogP contribution is 2.31. The Balaban J connectivity index is 1.62. The standard InChI is InChI=1S/C25H28ClN3O6/c1-33-21-8-3-17(15-22(21)34-2)24(31)28(10-9-27-11-13-35-14-12-27)20-16-23(30)29(25(20)32)19-6-4-18(26)5-7-19/h3-8,15,20H,9-14,16H2,1-2H3. The minimum Gasteiger partial charge on any atom is -0.493 e. The average molecular weight is 502 g/mol. The minimum absolute atomic E-state index is 0.0937. The summed E-state index contributed by atoms with van der Waals surface area (Å²) in [7, 11) is 3.01. The van der Waals surface area contributed by atoms with E-state index in [1.54, 1.807) is 42.5 Å². The molecule has 4 rings (SSSR count). The van der Waals surface area contributed by atoms with Gasteiger partial charge in [-0.25, -0.2) is 4.90 Å². The summed E-state index contributed by atoms with van der Waals surface area (Å²) < 4.78 is 16.0. The number of hydrogen-bond acceptors (Lipinski definition) is 7. The molecular formula is C25H28ClN3O6. The fourth-order valence-electron chi connectivity index (χ4n) is 4.33. The Bertz CT molecular complexity index is 1090. The Kier molecular flexibility index (Phi) is 7.90. The molecule has 2 aromatic carbocycles. The van der Waals surface area contributed by atoms with Gasteiger partial charge in [-0.05, 0) is 42.5 Å². The van der Waals surface area contributed by atoms with Crippen molar-refractivity contribution >= 4 is 35.0 Å². The number of ether oxygens (including phenoxy) is 3. The molecular weight excluding hydrogens is 474 g/mol. The van der Waals surface area contributed by atoms with Gasteiger partial charge in [0.2, 0.25) is 5.91 Å². The molecule has 0 N–H and O–H groups in total. The zero-order valence-corrected chi connectivity index (χ0v) is 20.5. The normalized spacial score (nSPS) is 18.6. The Morgan fingerprint density at radius 2 is 1.74 bits per heavy atom. The summed E-state index contributed by atoms with van der Waals surface area (Å²) in [6.45, 7) is 3.57. The smallest absolute Gasteiger partial charge is 0.257 e. The lowest BCUT2D eigenvalue weighted by Gasteiger charge is -2.32. The van der Waals surface area contributed by atoms with Gasteiger partial charge >= 0.3 is 0 Å². The number of benzene rings is 2. The molecule has 2 aromatic rings. The van der Waals surface area contributed by atoms with E-state index in [1.807, 2.05) is 0 Å². The van der Waals surface area contributed by atoms with Crippen LogP contribution in [-0.4, -0.2) is 87.2 Å². The Morgan fingerprint density at radius 3 is 2.40 bits per heavy atom. The average Bonchev–Trinajstić information content (AvgIpc) is 3.18. The SMILES string of the molecule is COc1ccc(C(=O)N(CCN2CCOCC2)C2CC(=O)N(c3ccc(Cl)cc3)C2=O)cc1OC. The molecule has 35 heavy (non-hydrogen) atoms. The molecule has 3 amide bonds. The lowest BCUT2D eigenvalue weighted by atomic mass is 10.1. The molecule has 2 aliphatic rings. The van der Waals surface area contributed by atoms with Gasteiger partial charge in [-0.15, -0.1) is 0 Å². The second kappa shape index (κ2) is 11.1. The lowest BCUT2D eigenvalue weighted by Crippen LogP contribution is -2.49. The maximum absolute atomic E-state index is 13.7. The van der Waals surface area contributed by atoms with Crippen LogP contribution in [-0.2, 0) is 14.3 Å². The summed E-state index contributed by atoms with van der Waals surface area (Å²) in [5.74, 6) is -0.261. The number of nitrogens with zero attached hydrogens (tertiary/aromatic N) is 3. The predicted octanol–water partition coefficient (Wildman–Crippen LogP) is 2.46. The van der Waals surface area contributed by atoms with E-state index in [0.29, 0.717) is 47.5 Å². The highest BCUT2D eigenvalue weighted by Gasteiger charge is 2.44. The van der Waals surface area contributed by atoms with E-state index >= 15 is 0 Å². The molecule has 0 spiro atoms. The Morgan fingerprint density at radius 1 is 1.06 bits per heavy atom. The molecule has 2 heterocycles. The molecule has 2 saturated heterocycles. The maximum atomic E-state index is 13.7. The largest absolute Gasteiger partial charge is 0.493 e. The van der Waals surface area contributed by atoms with Gasteiger partial charge in [0, 0.05) is 36.8 Å². The van der Waals surface area contributed by atoms with Gasteiger partial charge in [0.25, 0.3) is 11.8 Å². The molecule has 0 aliphatic carbocycles. The number of amides is 3. The number of methoxy groups -OCH3 is 2. The lowest BCUT2D eigenvalue weighted by molar-refractivity contribution is -0.122. The molecule has 10 heteroatoms. The number of hydrogen-bond donors (Lipinski definition) is 0. The maximum Gasteiger partial charge on any atom is 0.257 e. The van der Waals surface area contributed by atoms with Crippen LogP contribution in [0, 0.1) is 0 Å². The highest BCUT2D eigenvalue weighted by molar-refractivity contribution is 6.31. The second-order valence-electron chi connectivity index (χ2n) is 8.29. The van der Waals surface area contributed by atoms with Crippen molar-refractivity contribution in [2.75, 3.05) is 58.5 Å². The van der Waals surface area contributed by atoms with Crippen molar-refractivity contribution in [3.8, 4) is 11.5 Å². The van der Waals surface area contributed by atoms with Gasteiger partial charge in [-0.2, -0.15) is 0 Å². The Hall–Kier alpha value is -3.14. The number of carbonyl (C=O) groups excluding carboxylic acids is 3. The van der Waals surface area contributed by atoms with Crippen LogP contribution in [0.4, 0.5) is 5.69 Å². The van der Waals surface area contributed by atoms with Crippen LogP contribution in [0.1, 0.15) is 16.8 Å². The van der Waals surface area contributed by atoms with Gasteiger partial charge < -0.3 is 19.1 Å². The molecule has 1 atom stereocenters. The van der Waals surface area contributed by atoms with E-state index in [-0.39, 0.29) is 24.8 Å². The topological polar surface area (TPSA) is 88.6 Å². The quantitative estimate of drug-likeness (QED) is 0.513. The predicted molar refractivity (Wildman–Crippen MR) is 130 cm³/mol. The summed E-state index contributed by atoms with van der Waals surface area (Å²) in [5.41, 5.74) is 0.772. The number of carbonyl (C=O) groups is 3. The molecule has 2 fully saturated rings. The van der Waals surface area contributed by atoms with Crippen LogP contribution in [0.2, 0.25) is 5.02 Å². The van der Waals surface area contributed by atoms with Crippen molar-refractivity contribution in [1.82, 2.24) is 9.80 Å². The van der Waals surface area contributed by atoms with E-state index in [4.69, 9.17) is 25.8 Å². The zero-order chi connectivity index (χ0) is 24.9. The number of rotatable bonds is 8. The zero-order valence-electron chi connectivity index (χ0n) is 19.7. The summed E-state index contributed by atoms with van der Waals surface area (Å²) in [4.78, 5) is 44.9. The molecule has 1 unspecified atom stereocenters. The van der Waals surface area contributed by atoms with Crippen molar-refractivity contribution in [3.63, 3.8) is 0 Å². The van der Waals surface area contributed by atoms with Gasteiger partial charge in [-0.1, -0.05) is 11.6 Å². The third-order valence-electron chi connectivity index (χ3n) is 6.24. The van der Waals surface area contributed by atoms with Crippen LogP contribution in [0.5, 0.6) is 11.5 Å². The first kappa shape index (κ1) is 25.0. The molecule has 0 aromatic heterocycles. The van der Waals surface area contributed by atoms with Crippen molar-refractivity contribution in [3.05, 3.63) is 53.1 Å². The third kappa shape index (κ3) is 5.42. The molecule has 9 nitrogen and oxygen atoms in total. The minimum atomic E-state index is -0.917. The molecule has 0 bridgehead atoms. The first-order valence-electron chi connectivity index (χ1n) is 11.4. The summed E-state index contributed by atoms with van der Waals surface area (Å²) in [6.07, 6.45) is -0.0937. The van der Waals surface area contributed by atoms with E-state index < -0.39 is 11.9 Å². The molecule has 2 aliphatic heterocycles. The number of morpholine rings is 1. The summed E-state index contributed by atoms with van der Waals surface area (Å²) in [6, 6.07) is 10.4. The Labute approximate surface area is 209 Å². The van der Waals surface area contributed by atoms with Crippen molar-refractivity contribution in [2.45, 2.75) is 12.5 Å². The fourth-order valence-corrected chi connectivity index (χ4v) is 4.45. The number of halogens is 1. The first-order valence-corrected chi connectivity index (χ1v) is 11.8.